The zero-order valence-electron chi connectivity index (χ0n) is 19.1. The average Bonchev–Trinajstić information content (AvgIpc) is 3.57. The highest BCUT2D eigenvalue weighted by molar-refractivity contribution is 7.99. The summed E-state index contributed by atoms with van der Waals surface area (Å²) in [6, 6.07) is 15.5. The molecule has 10 nitrogen and oxygen atoms in total. The lowest BCUT2D eigenvalue weighted by Crippen LogP contribution is -2.29. The lowest BCUT2D eigenvalue weighted by atomic mass is 10.2. The van der Waals surface area contributed by atoms with Crippen LogP contribution in [-0.4, -0.2) is 36.6 Å². The van der Waals surface area contributed by atoms with Crippen LogP contribution in [0.5, 0.6) is 11.5 Å². The number of benzene rings is 3. The number of sulfonamides is 1. The third kappa shape index (κ3) is 5.67. The largest absolute Gasteiger partial charge is 0.454 e. The SMILES string of the molecule is N/C(=N\S(=O)(=O)c1cc(-c2nnc(-c3ccc(Cl)cc3)s2)c(Cl)cc1SCc1ccc2c(c1)OCO2)NO. The number of fused-ring (bicyclic) bond motifs is 1. The normalized spacial score (nSPS) is 13.1. The third-order valence-corrected chi connectivity index (χ3v) is 9.38. The van der Waals surface area contributed by atoms with Gasteiger partial charge in [0, 0.05) is 26.8 Å². The van der Waals surface area contributed by atoms with Crippen LogP contribution in [0.4, 0.5) is 0 Å². The summed E-state index contributed by atoms with van der Waals surface area (Å²) in [5.74, 6) is 0.967. The van der Waals surface area contributed by atoms with Crippen molar-refractivity contribution < 1.29 is 23.1 Å². The summed E-state index contributed by atoms with van der Waals surface area (Å²) in [6.07, 6.45) is 0. The second kappa shape index (κ2) is 11.0. The second-order valence-corrected chi connectivity index (χ2v) is 12.1. The summed E-state index contributed by atoms with van der Waals surface area (Å²) in [4.78, 5) is 0.164. The molecule has 2 heterocycles. The topological polar surface area (TPSA) is 149 Å². The second-order valence-electron chi connectivity index (χ2n) is 7.74. The predicted molar refractivity (Wildman–Crippen MR) is 147 cm³/mol. The molecule has 1 aromatic heterocycles. The number of guanidine groups is 1. The Bertz CT molecular complexity index is 1650. The number of hydrogen-bond acceptors (Lipinski definition) is 9. The van der Waals surface area contributed by atoms with Crippen LogP contribution >= 0.6 is 46.3 Å². The molecule has 3 aromatic carbocycles. The van der Waals surface area contributed by atoms with E-state index in [9.17, 15) is 8.42 Å². The monoisotopic (exact) mass is 609 g/mol. The maximum absolute atomic E-state index is 13.2. The van der Waals surface area contributed by atoms with Crippen molar-refractivity contribution in [3.05, 3.63) is 70.2 Å². The smallest absolute Gasteiger partial charge is 0.286 e. The number of thioether (sulfide) groups is 1. The van der Waals surface area contributed by atoms with Gasteiger partial charge in [-0.25, -0.2) is 5.48 Å². The van der Waals surface area contributed by atoms with Crippen molar-refractivity contribution in [1.82, 2.24) is 15.7 Å². The van der Waals surface area contributed by atoms with E-state index in [2.05, 4.69) is 14.6 Å². The molecule has 4 aromatic rings. The van der Waals surface area contributed by atoms with Gasteiger partial charge in [0.1, 0.15) is 14.9 Å². The molecule has 0 aliphatic carbocycles. The van der Waals surface area contributed by atoms with Gasteiger partial charge in [0.2, 0.25) is 12.8 Å². The maximum atomic E-state index is 13.2. The first-order valence-corrected chi connectivity index (χ1v) is 14.7. The van der Waals surface area contributed by atoms with Gasteiger partial charge in [-0.1, -0.05) is 52.7 Å². The van der Waals surface area contributed by atoms with Crippen molar-refractivity contribution in [2.75, 3.05) is 6.79 Å². The molecule has 0 fully saturated rings. The maximum Gasteiger partial charge on any atom is 0.286 e. The molecule has 0 saturated carbocycles. The first-order valence-electron chi connectivity index (χ1n) is 10.7. The fourth-order valence-electron chi connectivity index (χ4n) is 3.45. The number of nitrogens with one attached hydrogen (secondary N) is 1. The highest BCUT2D eigenvalue weighted by atomic mass is 35.5. The number of aromatic nitrogens is 2. The molecular formula is C23H17Cl2N5O5S3. The Balaban J connectivity index is 1.52. The minimum Gasteiger partial charge on any atom is -0.454 e. The predicted octanol–water partition coefficient (Wildman–Crippen LogP) is 5.18. The number of nitrogens with zero attached hydrogens (tertiary/aromatic N) is 3. The van der Waals surface area contributed by atoms with Gasteiger partial charge in [-0.05, 0) is 42.0 Å². The molecule has 0 bridgehead atoms. The molecule has 38 heavy (non-hydrogen) atoms. The summed E-state index contributed by atoms with van der Waals surface area (Å²) in [5.41, 5.74) is 9.00. The Hall–Kier alpha value is -3.07. The van der Waals surface area contributed by atoms with Crippen molar-refractivity contribution in [1.29, 1.82) is 0 Å². The summed E-state index contributed by atoms with van der Waals surface area (Å²) in [5, 5.41) is 19.3. The highest BCUT2D eigenvalue weighted by Crippen LogP contribution is 2.41. The van der Waals surface area contributed by atoms with E-state index in [0.717, 1.165) is 11.1 Å². The molecule has 0 spiro atoms. The van der Waals surface area contributed by atoms with Gasteiger partial charge < -0.3 is 15.2 Å². The number of nitrogens with two attached hydrogens (primary N) is 1. The van der Waals surface area contributed by atoms with Crippen LogP contribution in [0.2, 0.25) is 10.0 Å². The van der Waals surface area contributed by atoms with Crippen molar-refractivity contribution in [3.63, 3.8) is 0 Å². The Morgan fingerprint density at radius 3 is 2.58 bits per heavy atom. The Labute approximate surface area is 235 Å². The van der Waals surface area contributed by atoms with E-state index in [4.69, 9.17) is 43.6 Å². The third-order valence-electron chi connectivity index (χ3n) is 5.22. The molecule has 0 unspecified atom stereocenters. The van der Waals surface area contributed by atoms with E-state index >= 15 is 0 Å². The van der Waals surface area contributed by atoms with Gasteiger partial charge in [0.15, 0.2) is 11.5 Å². The van der Waals surface area contributed by atoms with E-state index < -0.39 is 16.0 Å². The Morgan fingerprint density at radius 1 is 1.08 bits per heavy atom. The highest BCUT2D eigenvalue weighted by Gasteiger charge is 2.24. The van der Waals surface area contributed by atoms with Crippen molar-refractivity contribution in [3.8, 4) is 32.6 Å². The van der Waals surface area contributed by atoms with Crippen LogP contribution in [-0.2, 0) is 15.8 Å². The first-order chi connectivity index (χ1) is 18.2. The van der Waals surface area contributed by atoms with Crippen LogP contribution in [0.3, 0.4) is 0 Å². The van der Waals surface area contributed by atoms with Crippen LogP contribution in [0.1, 0.15) is 5.56 Å². The van der Waals surface area contributed by atoms with Gasteiger partial charge in [0.05, 0.1) is 5.02 Å². The molecule has 196 valence electrons. The van der Waals surface area contributed by atoms with Gasteiger partial charge in [0.25, 0.3) is 10.0 Å². The molecule has 0 atom stereocenters. The number of halogens is 2. The molecular weight excluding hydrogens is 593 g/mol. The number of ether oxygens (including phenoxy) is 2. The standard InChI is InChI=1S/C23H17Cl2N5O5S3/c24-14-4-2-13(3-5-14)21-27-28-22(37-21)15-8-20(38(32,33)30-23(26)29-31)19(9-16(15)25)36-10-12-1-6-17-18(7-12)35-11-34-17/h1-9,31H,10-11H2,(H3,26,29,30). The van der Waals surface area contributed by atoms with Gasteiger partial charge in [-0.2, -0.15) is 8.42 Å². The van der Waals surface area contributed by atoms with Crippen LogP contribution in [0.25, 0.3) is 21.1 Å². The zero-order valence-corrected chi connectivity index (χ0v) is 23.1. The van der Waals surface area contributed by atoms with Crippen molar-refractivity contribution in [2.24, 2.45) is 10.1 Å². The van der Waals surface area contributed by atoms with Gasteiger partial charge >= 0.3 is 0 Å². The van der Waals surface area contributed by atoms with Gasteiger partial charge in [-0.3, -0.25) is 5.21 Å². The number of rotatable bonds is 7. The van der Waals surface area contributed by atoms with E-state index in [1.807, 2.05) is 12.1 Å². The summed E-state index contributed by atoms with van der Waals surface area (Å²) < 4.78 is 40.6. The van der Waals surface area contributed by atoms with Crippen LogP contribution in [0.15, 0.2) is 68.8 Å². The molecule has 4 N–H and O–H groups in total. The zero-order chi connectivity index (χ0) is 26.9. The van der Waals surface area contributed by atoms with Crippen LogP contribution < -0.4 is 20.7 Å². The summed E-state index contributed by atoms with van der Waals surface area (Å²) in [6.45, 7) is 0.148. The number of hydroxylamine groups is 1. The fraction of sp³-hybridized carbons (Fsp3) is 0.0870. The van der Waals surface area contributed by atoms with E-state index in [1.165, 1.54) is 40.7 Å². The minimum absolute atomic E-state index is 0.148. The minimum atomic E-state index is -4.36. The average molecular weight is 611 g/mol. The van der Waals surface area contributed by atoms with Crippen molar-refractivity contribution >= 4 is 62.3 Å². The molecule has 15 heteroatoms. The molecule has 0 radical (unpaired) electrons. The van der Waals surface area contributed by atoms with Crippen LogP contribution in [0, 0.1) is 0 Å². The molecule has 1 aliphatic heterocycles. The van der Waals surface area contributed by atoms with E-state index in [0.29, 0.717) is 42.7 Å². The molecule has 0 saturated heterocycles. The molecule has 5 rings (SSSR count). The molecule has 0 amide bonds. The Morgan fingerprint density at radius 2 is 1.82 bits per heavy atom. The van der Waals surface area contributed by atoms with E-state index in [1.54, 1.807) is 30.3 Å². The fourth-order valence-corrected chi connectivity index (χ4v) is 7.20. The Kier molecular flexibility index (Phi) is 7.66. The van der Waals surface area contributed by atoms with Crippen molar-refractivity contribution in [2.45, 2.75) is 15.5 Å². The number of hydrogen-bond donors (Lipinski definition) is 3. The lowest BCUT2D eigenvalue weighted by molar-refractivity contribution is 0.174. The quantitative estimate of drug-likeness (QED) is 0.111. The first kappa shape index (κ1) is 26.5. The van der Waals surface area contributed by atoms with Gasteiger partial charge in [-0.15, -0.1) is 26.4 Å². The lowest BCUT2D eigenvalue weighted by Gasteiger charge is -2.12. The molecule has 1 aliphatic rings. The summed E-state index contributed by atoms with van der Waals surface area (Å²) >= 11 is 15.1. The summed E-state index contributed by atoms with van der Waals surface area (Å²) in [7, 11) is -4.36. The van der Waals surface area contributed by atoms with E-state index in [-0.39, 0.29) is 16.7 Å².